The summed E-state index contributed by atoms with van der Waals surface area (Å²) in [5.74, 6) is -0.878. The summed E-state index contributed by atoms with van der Waals surface area (Å²) in [7, 11) is 0. The molecule has 1 rings (SSSR count). The van der Waals surface area contributed by atoms with Gasteiger partial charge in [0.15, 0.2) is 5.06 Å². The summed E-state index contributed by atoms with van der Waals surface area (Å²) in [5.41, 5.74) is 0. The molecule has 0 unspecified atom stereocenters. The lowest BCUT2D eigenvalue weighted by molar-refractivity contribution is 0.0702. The molecule has 1 N–H and O–H groups in total. The second-order valence-electron chi connectivity index (χ2n) is 7.58. The van der Waals surface area contributed by atoms with Crippen LogP contribution in [0, 0.1) is 0 Å². The number of ether oxygens (including phenoxy) is 1. The van der Waals surface area contributed by atoms with Crippen LogP contribution >= 0.6 is 11.3 Å². The molecule has 0 aliphatic carbocycles. The third-order valence-electron chi connectivity index (χ3n) is 5.03. The molecule has 0 saturated heterocycles. The molecule has 0 saturated carbocycles. The van der Waals surface area contributed by atoms with Gasteiger partial charge in [0.1, 0.15) is 4.88 Å². The van der Waals surface area contributed by atoms with E-state index in [1.807, 2.05) is 0 Å². The van der Waals surface area contributed by atoms with E-state index in [2.05, 4.69) is 6.92 Å². The van der Waals surface area contributed by atoms with Gasteiger partial charge in [-0.05, 0) is 18.6 Å². The van der Waals surface area contributed by atoms with Gasteiger partial charge in [-0.25, -0.2) is 4.79 Å². The van der Waals surface area contributed by atoms with Gasteiger partial charge in [-0.3, -0.25) is 0 Å². The average Bonchev–Trinajstić information content (AvgIpc) is 3.13. The first kappa shape index (κ1) is 24.0. The topological polar surface area (TPSA) is 46.5 Å². The summed E-state index contributed by atoms with van der Waals surface area (Å²) in [6.07, 6.45) is 21.8. The first-order chi connectivity index (χ1) is 13.2. The first-order valence-corrected chi connectivity index (χ1v) is 12.0. The normalized spacial score (nSPS) is 11.0. The smallest absolute Gasteiger partial charge is 0.345 e. The van der Waals surface area contributed by atoms with Crippen molar-refractivity contribution in [3.8, 4) is 5.06 Å². The van der Waals surface area contributed by atoms with E-state index in [1.54, 1.807) is 12.1 Å². The summed E-state index contributed by atoms with van der Waals surface area (Å²) < 4.78 is 5.61. The second kappa shape index (κ2) is 17.1. The zero-order valence-corrected chi connectivity index (χ0v) is 18.2. The number of carboxylic acids is 1. The molecule has 0 amide bonds. The quantitative estimate of drug-likeness (QED) is 0.240. The van der Waals surface area contributed by atoms with Gasteiger partial charge in [-0.2, -0.15) is 0 Å². The van der Waals surface area contributed by atoms with Gasteiger partial charge in [0, 0.05) is 0 Å². The van der Waals surface area contributed by atoms with Gasteiger partial charge in [0.05, 0.1) is 6.61 Å². The minimum Gasteiger partial charge on any atom is -0.484 e. The number of hydrogen-bond acceptors (Lipinski definition) is 3. The maximum atomic E-state index is 10.8. The van der Waals surface area contributed by atoms with E-state index in [0.29, 0.717) is 16.5 Å². The van der Waals surface area contributed by atoms with Crippen molar-refractivity contribution in [1.29, 1.82) is 0 Å². The van der Waals surface area contributed by atoms with Gasteiger partial charge in [0.25, 0.3) is 0 Å². The largest absolute Gasteiger partial charge is 0.484 e. The van der Waals surface area contributed by atoms with Crippen molar-refractivity contribution in [3.63, 3.8) is 0 Å². The minimum absolute atomic E-state index is 0.344. The highest BCUT2D eigenvalue weighted by atomic mass is 32.1. The number of unbranched alkanes of at least 4 members (excludes halogenated alkanes) is 15. The highest BCUT2D eigenvalue weighted by Gasteiger charge is 2.07. The van der Waals surface area contributed by atoms with E-state index in [-0.39, 0.29) is 0 Å². The molecule has 0 aliphatic heterocycles. The van der Waals surface area contributed by atoms with E-state index in [9.17, 15) is 4.79 Å². The molecule has 156 valence electrons. The number of thiophene rings is 1. The monoisotopic (exact) mass is 396 g/mol. The van der Waals surface area contributed by atoms with Crippen molar-refractivity contribution in [2.75, 3.05) is 6.61 Å². The Labute approximate surface area is 170 Å². The lowest BCUT2D eigenvalue weighted by Crippen LogP contribution is -1.95. The molecule has 1 aromatic heterocycles. The average molecular weight is 397 g/mol. The zero-order valence-electron chi connectivity index (χ0n) is 17.3. The molecule has 1 aromatic rings. The summed E-state index contributed by atoms with van der Waals surface area (Å²) in [4.78, 5) is 11.1. The second-order valence-corrected chi connectivity index (χ2v) is 8.62. The zero-order chi connectivity index (χ0) is 19.6. The van der Waals surface area contributed by atoms with Crippen molar-refractivity contribution in [2.45, 2.75) is 110 Å². The SMILES string of the molecule is CCCCCCCCCCCCCCCCCCOc1ccc(C(=O)O)s1. The van der Waals surface area contributed by atoms with Gasteiger partial charge in [-0.15, -0.1) is 0 Å². The molecule has 0 atom stereocenters. The highest BCUT2D eigenvalue weighted by Crippen LogP contribution is 2.24. The predicted octanol–water partition coefficient (Wildman–Crippen LogP) is 8.09. The van der Waals surface area contributed by atoms with Crippen LogP contribution in [0.25, 0.3) is 0 Å². The molecule has 0 aliphatic rings. The van der Waals surface area contributed by atoms with Crippen LogP contribution < -0.4 is 4.74 Å². The number of carbonyl (C=O) groups is 1. The van der Waals surface area contributed by atoms with Crippen molar-refractivity contribution >= 4 is 17.3 Å². The van der Waals surface area contributed by atoms with Gasteiger partial charge >= 0.3 is 5.97 Å². The molecular weight excluding hydrogens is 356 g/mol. The first-order valence-electron chi connectivity index (χ1n) is 11.2. The third kappa shape index (κ3) is 13.7. The Balaban J connectivity index is 1.76. The number of hydrogen-bond donors (Lipinski definition) is 1. The Morgan fingerprint density at radius 2 is 1.22 bits per heavy atom. The molecule has 0 fully saturated rings. The molecule has 4 heteroatoms. The Hall–Kier alpha value is -1.03. The van der Waals surface area contributed by atoms with Crippen LogP contribution in [0.2, 0.25) is 0 Å². The Kier molecular flexibility index (Phi) is 15.2. The molecule has 1 heterocycles. The fourth-order valence-corrected chi connectivity index (χ4v) is 4.05. The highest BCUT2D eigenvalue weighted by molar-refractivity contribution is 7.15. The Bertz CT molecular complexity index is 470. The van der Waals surface area contributed by atoms with Crippen LogP contribution in [0.15, 0.2) is 12.1 Å². The van der Waals surface area contributed by atoms with Crippen LogP contribution in [-0.2, 0) is 0 Å². The summed E-state index contributed by atoms with van der Waals surface area (Å²) in [5, 5.41) is 9.59. The molecule has 0 spiro atoms. The van der Waals surface area contributed by atoms with E-state index in [0.717, 1.165) is 6.42 Å². The number of aromatic carboxylic acids is 1. The van der Waals surface area contributed by atoms with Crippen molar-refractivity contribution in [3.05, 3.63) is 17.0 Å². The van der Waals surface area contributed by atoms with Crippen LogP contribution in [0.4, 0.5) is 0 Å². The lowest BCUT2D eigenvalue weighted by atomic mass is 10.0. The minimum atomic E-state index is -0.878. The standard InChI is InChI=1S/C23H40O3S/c1-2-3-4-5-6-7-8-9-10-11-12-13-14-15-16-17-20-26-22-19-18-21(27-22)23(24)25/h18-19H,2-17,20H2,1H3,(H,24,25). The van der Waals surface area contributed by atoms with Crippen LogP contribution in [0.5, 0.6) is 5.06 Å². The van der Waals surface area contributed by atoms with Crippen molar-refractivity contribution < 1.29 is 14.6 Å². The van der Waals surface area contributed by atoms with Crippen LogP contribution in [0.3, 0.4) is 0 Å². The molecule has 0 aromatic carbocycles. The van der Waals surface area contributed by atoms with Gasteiger partial charge in [-0.1, -0.05) is 115 Å². The molecule has 27 heavy (non-hydrogen) atoms. The molecule has 0 radical (unpaired) electrons. The van der Waals surface area contributed by atoms with Crippen molar-refractivity contribution in [2.24, 2.45) is 0 Å². The fourth-order valence-electron chi connectivity index (χ4n) is 3.34. The molecule has 0 bridgehead atoms. The lowest BCUT2D eigenvalue weighted by Gasteiger charge is -2.04. The maximum Gasteiger partial charge on any atom is 0.345 e. The molecule has 3 nitrogen and oxygen atoms in total. The van der Waals surface area contributed by atoms with Gasteiger partial charge in [0.2, 0.25) is 0 Å². The van der Waals surface area contributed by atoms with E-state index in [1.165, 1.54) is 108 Å². The van der Waals surface area contributed by atoms with Crippen LogP contribution in [0.1, 0.15) is 119 Å². The number of rotatable bonds is 19. The third-order valence-corrected chi connectivity index (χ3v) is 6.02. The van der Waals surface area contributed by atoms with Crippen molar-refractivity contribution in [1.82, 2.24) is 0 Å². The maximum absolute atomic E-state index is 10.8. The predicted molar refractivity (Wildman–Crippen MR) is 116 cm³/mol. The summed E-state index contributed by atoms with van der Waals surface area (Å²) in [6.45, 7) is 2.97. The summed E-state index contributed by atoms with van der Waals surface area (Å²) in [6, 6.07) is 3.36. The Morgan fingerprint density at radius 1 is 0.778 bits per heavy atom. The van der Waals surface area contributed by atoms with E-state index in [4.69, 9.17) is 9.84 Å². The fraction of sp³-hybridized carbons (Fsp3) is 0.783. The van der Waals surface area contributed by atoms with E-state index >= 15 is 0 Å². The molecular formula is C23H40O3S. The van der Waals surface area contributed by atoms with E-state index < -0.39 is 5.97 Å². The summed E-state index contributed by atoms with van der Waals surface area (Å²) >= 11 is 1.21. The van der Waals surface area contributed by atoms with Crippen LogP contribution in [-0.4, -0.2) is 17.7 Å². The van der Waals surface area contributed by atoms with Gasteiger partial charge < -0.3 is 9.84 Å². The number of carboxylic acid groups (broad SMARTS) is 1. The Morgan fingerprint density at radius 3 is 1.63 bits per heavy atom.